The molecule has 0 saturated carbocycles. The summed E-state index contributed by atoms with van der Waals surface area (Å²) >= 11 is 7.59. The summed E-state index contributed by atoms with van der Waals surface area (Å²) in [6, 6.07) is 15.7. The largest absolute Gasteiger partial charge is 0.378 e. The van der Waals surface area contributed by atoms with Gasteiger partial charge in [-0.15, -0.1) is 10.2 Å². The Balaban J connectivity index is 1.54. The third-order valence-electron chi connectivity index (χ3n) is 5.23. The van der Waals surface area contributed by atoms with Gasteiger partial charge in [-0.1, -0.05) is 53.7 Å². The maximum atomic E-state index is 12.8. The normalized spacial score (nSPS) is 14.9. The summed E-state index contributed by atoms with van der Waals surface area (Å²) in [6.07, 6.45) is 0. The average Bonchev–Trinajstić information content (AvgIpc) is 3.22. The minimum atomic E-state index is -0.359. The highest BCUT2D eigenvalue weighted by Gasteiger charge is 2.25. The second-order valence-corrected chi connectivity index (χ2v) is 9.34. The van der Waals surface area contributed by atoms with E-state index in [4.69, 9.17) is 16.3 Å². The molecule has 1 saturated heterocycles. The molecule has 1 aromatic heterocycles. The van der Waals surface area contributed by atoms with Crippen molar-refractivity contribution in [2.24, 2.45) is 0 Å². The van der Waals surface area contributed by atoms with E-state index >= 15 is 0 Å². The first-order valence-corrected chi connectivity index (χ1v) is 11.8. The van der Waals surface area contributed by atoms with E-state index in [9.17, 15) is 4.79 Å². The summed E-state index contributed by atoms with van der Waals surface area (Å²) in [6.45, 7) is 7.13. The number of rotatable bonds is 7. The molecule has 7 nitrogen and oxygen atoms in total. The molecule has 1 N–H and O–H groups in total. The van der Waals surface area contributed by atoms with Gasteiger partial charge in [0.2, 0.25) is 11.9 Å². The molecular weight excluding hydrogens is 446 g/mol. The average molecular weight is 472 g/mol. The number of benzene rings is 2. The lowest BCUT2D eigenvalue weighted by Crippen LogP contribution is -2.38. The molecule has 0 spiro atoms. The quantitative estimate of drug-likeness (QED) is 0.527. The number of amides is 1. The van der Waals surface area contributed by atoms with Gasteiger partial charge in [0, 0.05) is 24.7 Å². The first-order chi connectivity index (χ1) is 15.5. The number of hydrogen-bond acceptors (Lipinski definition) is 6. The van der Waals surface area contributed by atoms with Gasteiger partial charge in [0.1, 0.15) is 0 Å². The highest BCUT2D eigenvalue weighted by molar-refractivity contribution is 8.00. The number of carbonyl (C=O) groups is 1. The van der Waals surface area contributed by atoms with E-state index in [0.717, 1.165) is 35.9 Å². The summed E-state index contributed by atoms with van der Waals surface area (Å²) in [4.78, 5) is 15.0. The van der Waals surface area contributed by atoms with Crippen molar-refractivity contribution in [2.75, 3.05) is 31.2 Å². The fourth-order valence-corrected chi connectivity index (χ4v) is 4.57. The molecule has 168 valence electrons. The molecule has 1 fully saturated rings. The lowest BCUT2D eigenvalue weighted by Gasteiger charge is -2.28. The lowest BCUT2D eigenvalue weighted by molar-refractivity contribution is -0.120. The Labute approximate surface area is 197 Å². The Morgan fingerprint density at radius 2 is 1.97 bits per heavy atom. The standard InChI is InChI=1S/C23H26ClN5O2S/c1-16-6-5-8-19(14-16)29-22(28-10-12-31-13-11-28)26-27-23(29)32-17(2)21(30)25-15-18-7-3-4-9-20(18)24/h3-9,14,17H,10-13,15H2,1-2H3,(H,25,30). The topological polar surface area (TPSA) is 72.3 Å². The van der Waals surface area contributed by atoms with Gasteiger partial charge < -0.3 is 15.0 Å². The van der Waals surface area contributed by atoms with Crippen molar-refractivity contribution in [3.8, 4) is 5.69 Å². The highest BCUT2D eigenvalue weighted by Crippen LogP contribution is 2.30. The van der Waals surface area contributed by atoms with Crippen LogP contribution in [0.25, 0.3) is 5.69 Å². The molecule has 32 heavy (non-hydrogen) atoms. The number of morpholine rings is 1. The number of thioether (sulfide) groups is 1. The molecule has 3 aromatic rings. The molecule has 9 heteroatoms. The van der Waals surface area contributed by atoms with Crippen molar-refractivity contribution in [2.45, 2.75) is 30.8 Å². The molecule has 2 heterocycles. The van der Waals surface area contributed by atoms with Crippen molar-refractivity contribution in [1.82, 2.24) is 20.1 Å². The zero-order chi connectivity index (χ0) is 22.5. The smallest absolute Gasteiger partial charge is 0.233 e. The van der Waals surface area contributed by atoms with Crippen LogP contribution in [0.4, 0.5) is 5.95 Å². The third-order valence-corrected chi connectivity index (χ3v) is 6.64. The van der Waals surface area contributed by atoms with Gasteiger partial charge >= 0.3 is 0 Å². The zero-order valence-corrected chi connectivity index (χ0v) is 19.7. The fraction of sp³-hybridized carbons (Fsp3) is 0.348. The predicted octanol–water partition coefficient (Wildman–Crippen LogP) is 3.86. The summed E-state index contributed by atoms with van der Waals surface area (Å²) in [7, 11) is 0. The van der Waals surface area contributed by atoms with Gasteiger partial charge in [-0.2, -0.15) is 0 Å². The van der Waals surface area contributed by atoms with E-state index in [1.54, 1.807) is 0 Å². The van der Waals surface area contributed by atoms with Crippen molar-refractivity contribution in [3.05, 3.63) is 64.7 Å². The van der Waals surface area contributed by atoms with Crippen LogP contribution in [0.3, 0.4) is 0 Å². The Bertz CT molecular complexity index is 1080. The van der Waals surface area contributed by atoms with Crippen LogP contribution in [-0.2, 0) is 16.1 Å². The van der Waals surface area contributed by atoms with Gasteiger partial charge in [0.15, 0.2) is 5.16 Å². The van der Waals surface area contributed by atoms with E-state index in [-0.39, 0.29) is 11.2 Å². The minimum Gasteiger partial charge on any atom is -0.378 e. The molecule has 0 bridgehead atoms. The number of aromatic nitrogens is 3. The van der Waals surface area contributed by atoms with E-state index in [0.29, 0.717) is 29.9 Å². The first-order valence-electron chi connectivity index (χ1n) is 10.6. The van der Waals surface area contributed by atoms with Crippen LogP contribution in [0, 0.1) is 6.92 Å². The molecule has 1 unspecified atom stereocenters. The van der Waals surface area contributed by atoms with E-state index in [1.165, 1.54) is 11.8 Å². The van der Waals surface area contributed by atoms with Crippen LogP contribution in [0.5, 0.6) is 0 Å². The number of anilines is 1. The van der Waals surface area contributed by atoms with Gasteiger partial charge in [0.25, 0.3) is 0 Å². The van der Waals surface area contributed by atoms with Gasteiger partial charge in [-0.3, -0.25) is 9.36 Å². The van der Waals surface area contributed by atoms with Crippen LogP contribution >= 0.6 is 23.4 Å². The number of nitrogens with zero attached hydrogens (tertiary/aromatic N) is 4. The summed E-state index contributed by atoms with van der Waals surface area (Å²) in [5, 5.41) is 12.9. The molecule has 1 atom stereocenters. The molecule has 1 amide bonds. The van der Waals surface area contributed by atoms with Gasteiger partial charge in [0.05, 0.1) is 24.2 Å². The second-order valence-electron chi connectivity index (χ2n) is 7.63. The molecule has 4 rings (SSSR count). The van der Waals surface area contributed by atoms with Crippen LogP contribution in [0.1, 0.15) is 18.1 Å². The van der Waals surface area contributed by atoms with Crippen molar-refractivity contribution < 1.29 is 9.53 Å². The Morgan fingerprint density at radius 1 is 1.19 bits per heavy atom. The Morgan fingerprint density at radius 3 is 2.72 bits per heavy atom. The van der Waals surface area contributed by atoms with Crippen molar-refractivity contribution in [3.63, 3.8) is 0 Å². The zero-order valence-electron chi connectivity index (χ0n) is 18.1. The molecule has 1 aliphatic heterocycles. The molecule has 2 aromatic carbocycles. The number of hydrogen-bond donors (Lipinski definition) is 1. The number of halogens is 1. The number of ether oxygens (including phenoxy) is 1. The molecular formula is C23H26ClN5O2S. The summed E-state index contributed by atoms with van der Waals surface area (Å²) < 4.78 is 7.52. The molecule has 0 aliphatic carbocycles. The van der Waals surface area contributed by atoms with Crippen LogP contribution in [0.2, 0.25) is 5.02 Å². The molecule has 0 radical (unpaired) electrons. The van der Waals surface area contributed by atoms with Crippen molar-refractivity contribution in [1.29, 1.82) is 0 Å². The van der Waals surface area contributed by atoms with Crippen LogP contribution < -0.4 is 10.2 Å². The van der Waals surface area contributed by atoms with Crippen LogP contribution in [-0.4, -0.2) is 52.2 Å². The molecule has 1 aliphatic rings. The monoisotopic (exact) mass is 471 g/mol. The SMILES string of the molecule is Cc1cccc(-n2c(SC(C)C(=O)NCc3ccccc3Cl)nnc2N2CCOCC2)c1. The number of aryl methyl sites for hydroxylation is 1. The van der Waals surface area contributed by atoms with Crippen molar-refractivity contribution >= 4 is 35.2 Å². The van der Waals surface area contributed by atoms with E-state index in [2.05, 4.69) is 39.5 Å². The third kappa shape index (κ3) is 5.26. The Hall–Kier alpha value is -2.55. The van der Waals surface area contributed by atoms with E-state index in [1.807, 2.05) is 47.9 Å². The highest BCUT2D eigenvalue weighted by atomic mass is 35.5. The maximum absolute atomic E-state index is 12.8. The van der Waals surface area contributed by atoms with Gasteiger partial charge in [-0.25, -0.2) is 0 Å². The maximum Gasteiger partial charge on any atom is 0.233 e. The predicted molar refractivity (Wildman–Crippen MR) is 128 cm³/mol. The van der Waals surface area contributed by atoms with Crippen LogP contribution in [0.15, 0.2) is 53.7 Å². The number of nitrogens with one attached hydrogen (secondary N) is 1. The van der Waals surface area contributed by atoms with Gasteiger partial charge in [-0.05, 0) is 43.2 Å². The second kappa shape index (κ2) is 10.4. The Kier molecular flexibility index (Phi) is 7.34. The summed E-state index contributed by atoms with van der Waals surface area (Å²) in [5.74, 6) is 0.687. The number of carbonyl (C=O) groups excluding carboxylic acids is 1. The minimum absolute atomic E-state index is 0.0818. The fourth-order valence-electron chi connectivity index (χ4n) is 3.48. The summed E-state index contributed by atoms with van der Waals surface area (Å²) in [5.41, 5.74) is 3.01. The lowest BCUT2D eigenvalue weighted by atomic mass is 10.2. The first kappa shape index (κ1) is 22.6. The van der Waals surface area contributed by atoms with E-state index < -0.39 is 0 Å².